The zero-order valence-corrected chi connectivity index (χ0v) is 22.0. The van der Waals surface area contributed by atoms with Crippen molar-refractivity contribution in [3.8, 4) is 0 Å². The Morgan fingerprint density at radius 3 is 2.10 bits per heavy atom. The van der Waals surface area contributed by atoms with Crippen LogP contribution in [0.2, 0.25) is 6.55 Å². The third kappa shape index (κ3) is 2.88. The zero-order valence-electron chi connectivity index (χ0n) is 16.7. The second-order valence-electron chi connectivity index (χ2n) is 8.80. The molecule has 29 heavy (non-hydrogen) atoms. The lowest BCUT2D eigenvalue weighted by Crippen LogP contribution is -2.61. The van der Waals surface area contributed by atoms with Crippen molar-refractivity contribution in [1.82, 2.24) is 0 Å². The number of fused-ring (bicyclic) bond motifs is 5. The summed E-state index contributed by atoms with van der Waals surface area (Å²) in [6, 6.07) is 30.0. The first kappa shape index (κ1) is 17.8. The Morgan fingerprint density at radius 2 is 1.34 bits per heavy atom. The third-order valence-electron chi connectivity index (χ3n) is 6.79. The SMILES string of the molecule is C[Si]1(c2cccc3cc4ccc5cc6ccccc6cc5c4cc23)CO[SiH2][SiH2][SiH2]1. The largest absolute Gasteiger partial charge is 0.431 e. The maximum atomic E-state index is 6.19. The molecular weight excluding hydrogens is 417 g/mol. The predicted octanol–water partition coefficient (Wildman–Crippen LogP) is 2.90. The minimum absolute atomic E-state index is 0.0629. The molecule has 5 aromatic carbocycles. The molecular formula is C24H24OSi4. The number of hydrogen-bond acceptors (Lipinski definition) is 1. The van der Waals surface area contributed by atoms with Gasteiger partial charge in [-0.15, -0.1) is 0 Å². The molecule has 0 aromatic heterocycles. The Morgan fingerprint density at radius 1 is 0.690 bits per heavy atom. The van der Waals surface area contributed by atoms with E-state index >= 15 is 0 Å². The van der Waals surface area contributed by atoms with E-state index in [0.717, 1.165) is 6.23 Å². The highest BCUT2D eigenvalue weighted by Crippen LogP contribution is 2.32. The molecule has 1 aliphatic heterocycles. The van der Waals surface area contributed by atoms with Crippen LogP contribution in [0.3, 0.4) is 0 Å². The molecule has 5 heteroatoms. The van der Waals surface area contributed by atoms with E-state index in [4.69, 9.17) is 4.43 Å². The van der Waals surface area contributed by atoms with Crippen LogP contribution in [-0.2, 0) is 4.43 Å². The van der Waals surface area contributed by atoms with Crippen LogP contribution in [0.15, 0.2) is 78.9 Å². The fraction of sp³-hybridized carbons (Fsp3) is 0.0833. The van der Waals surface area contributed by atoms with Crippen molar-refractivity contribution in [3.63, 3.8) is 0 Å². The summed E-state index contributed by atoms with van der Waals surface area (Å²) in [5.74, 6) is 0. The molecule has 0 bridgehead atoms. The van der Waals surface area contributed by atoms with Crippen LogP contribution in [0, 0.1) is 0 Å². The highest BCUT2D eigenvalue weighted by atomic mass is 29.7. The van der Waals surface area contributed by atoms with E-state index in [1.807, 2.05) is 0 Å². The summed E-state index contributed by atoms with van der Waals surface area (Å²) >= 11 is 0. The molecule has 0 radical (unpaired) electrons. The molecule has 0 saturated carbocycles. The van der Waals surface area contributed by atoms with Gasteiger partial charge in [-0.25, -0.2) is 0 Å². The van der Waals surface area contributed by atoms with Gasteiger partial charge < -0.3 is 4.43 Å². The lowest BCUT2D eigenvalue weighted by Gasteiger charge is -2.32. The van der Waals surface area contributed by atoms with Gasteiger partial charge in [-0.2, -0.15) is 0 Å². The Balaban J connectivity index is 1.69. The van der Waals surface area contributed by atoms with Crippen LogP contribution < -0.4 is 5.19 Å². The van der Waals surface area contributed by atoms with Gasteiger partial charge in [0.15, 0.2) is 0 Å². The summed E-state index contributed by atoms with van der Waals surface area (Å²) in [6.45, 7) is 2.62. The molecule has 0 aliphatic carbocycles. The van der Waals surface area contributed by atoms with Crippen molar-refractivity contribution in [2.24, 2.45) is 0 Å². The van der Waals surface area contributed by atoms with Gasteiger partial charge in [-0.1, -0.05) is 66.3 Å². The number of rotatable bonds is 1. The van der Waals surface area contributed by atoms with E-state index in [9.17, 15) is 0 Å². The molecule has 1 heterocycles. The monoisotopic (exact) mass is 440 g/mol. The summed E-state index contributed by atoms with van der Waals surface area (Å²) in [7, 11) is -1.08. The molecule has 1 saturated heterocycles. The summed E-state index contributed by atoms with van der Waals surface area (Å²) in [6.07, 6.45) is 1.11. The van der Waals surface area contributed by atoms with E-state index in [1.54, 1.807) is 5.19 Å². The van der Waals surface area contributed by atoms with Gasteiger partial charge in [0.05, 0.1) is 7.59 Å². The topological polar surface area (TPSA) is 9.23 Å². The van der Waals surface area contributed by atoms with Gasteiger partial charge >= 0.3 is 0 Å². The summed E-state index contributed by atoms with van der Waals surface area (Å²) < 4.78 is 6.19. The third-order valence-corrected chi connectivity index (χ3v) is 45.1. The fourth-order valence-electron chi connectivity index (χ4n) is 5.20. The molecule has 1 atom stereocenters. The van der Waals surface area contributed by atoms with Gasteiger partial charge in [0.1, 0.15) is 9.28 Å². The molecule has 1 nitrogen and oxygen atoms in total. The standard InChI is InChI=1S/C24H24OSi4/c1-29(15-25-26-27-28-29)24-8-4-7-18-12-20-10-9-19-11-16-5-2-3-6-17(16)13-21(19)22(20)14-23(18)24/h2-14H,15,26-28H2,1H3. The Labute approximate surface area is 178 Å². The molecule has 5 aromatic rings. The maximum Gasteiger partial charge on any atom is 0.139 e. The molecule has 0 spiro atoms. The highest BCUT2D eigenvalue weighted by molar-refractivity contribution is 7.56. The van der Waals surface area contributed by atoms with Gasteiger partial charge in [-0.3, -0.25) is 0 Å². The van der Waals surface area contributed by atoms with E-state index in [1.165, 1.54) is 43.1 Å². The van der Waals surface area contributed by atoms with Crippen LogP contribution in [0.25, 0.3) is 43.1 Å². The van der Waals surface area contributed by atoms with Crippen molar-refractivity contribution in [3.05, 3.63) is 78.9 Å². The Kier molecular flexibility index (Phi) is 4.14. The normalized spacial score (nSPS) is 22.5. The maximum absolute atomic E-state index is 6.19. The van der Waals surface area contributed by atoms with Crippen LogP contribution >= 0.6 is 0 Å². The van der Waals surface area contributed by atoms with Crippen molar-refractivity contribution < 1.29 is 4.43 Å². The van der Waals surface area contributed by atoms with Gasteiger partial charge in [0.25, 0.3) is 0 Å². The summed E-state index contributed by atoms with van der Waals surface area (Å²) in [4.78, 5) is 0. The molecule has 0 amide bonds. The lowest BCUT2D eigenvalue weighted by atomic mass is 9.96. The van der Waals surface area contributed by atoms with Gasteiger partial charge in [0, 0.05) is 23.3 Å². The molecule has 1 fully saturated rings. The quantitative estimate of drug-likeness (QED) is 0.221. The molecule has 1 unspecified atom stereocenters. The van der Waals surface area contributed by atoms with E-state index in [-0.39, 0.29) is 26.4 Å². The van der Waals surface area contributed by atoms with Crippen LogP contribution in [-0.4, -0.2) is 40.2 Å². The minimum Gasteiger partial charge on any atom is -0.431 e. The van der Waals surface area contributed by atoms with E-state index in [0.29, 0.717) is 0 Å². The van der Waals surface area contributed by atoms with Crippen molar-refractivity contribution in [1.29, 1.82) is 0 Å². The van der Waals surface area contributed by atoms with Gasteiger partial charge in [-0.05, 0) is 67.4 Å². The molecule has 1 aliphatic rings. The first-order chi connectivity index (χ1) is 14.2. The number of benzene rings is 5. The van der Waals surface area contributed by atoms with Crippen LogP contribution in [0.4, 0.5) is 0 Å². The second kappa shape index (κ2) is 6.75. The van der Waals surface area contributed by atoms with Crippen molar-refractivity contribution in [2.45, 2.75) is 6.55 Å². The first-order valence-corrected chi connectivity index (χ1v) is 24.2. The number of hydrogen-bond donors (Lipinski definition) is 0. The smallest absolute Gasteiger partial charge is 0.139 e. The van der Waals surface area contributed by atoms with E-state index < -0.39 is 7.59 Å². The fourth-order valence-corrected chi connectivity index (χ4v) is 57.6. The average molecular weight is 441 g/mol. The summed E-state index contributed by atoms with van der Waals surface area (Å²) in [5.41, 5.74) is 0. The molecule has 6 rings (SSSR count). The van der Waals surface area contributed by atoms with Gasteiger partial charge in [0.2, 0.25) is 0 Å². The van der Waals surface area contributed by atoms with Crippen molar-refractivity contribution >= 4 is 82.3 Å². The lowest BCUT2D eigenvalue weighted by molar-refractivity contribution is 0.415. The Bertz CT molecular complexity index is 1410. The predicted molar refractivity (Wildman–Crippen MR) is 139 cm³/mol. The summed E-state index contributed by atoms with van der Waals surface area (Å²) in [5, 5.41) is 12.7. The Hall–Kier alpha value is -2.03. The zero-order chi connectivity index (χ0) is 19.4. The second-order valence-corrected chi connectivity index (χ2v) is 35.2. The highest BCUT2D eigenvalue weighted by Gasteiger charge is 2.34. The van der Waals surface area contributed by atoms with Crippen molar-refractivity contribution in [2.75, 3.05) is 6.23 Å². The van der Waals surface area contributed by atoms with Crippen LogP contribution in [0.1, 0.15) is 0 Å². The molecule has 142 valence electrons. The minimum atomic E-state index is -1.36. The van der Waals surface area contributed by atoms with E-state index in [2.05, 4.69) is 85.4 Å². The van der Waals surface area contributed by atoms with Crippen LogP contribution in [0.5, 0.6) is 0 Å². The first-order valence-electron chi connectivity index (χ1n) is 10.6. The molecule has 0 N–H and O–H groups in total. The average Bonchev–Trinajstić information content (AvgIpc) is 2.76.